The summed E-state index contributed by atoms with van der Waals surface area (Å²) in [5.74, 6) is 0.199. The summed E-state index contributed by atoms with van der Waals surface area (Å²) in [6.45, 7) is 6.14. The van der Waals surface area contributed by atoms with Crippen LogP contribution >= 0.6 is 0 Å². The first kappa shape index (κ1) is 20.3. The molecule has 4 rings (SSSR count). The van der Waals surface area contributed by atoms with Gasteiger partial charge in [0.2, 0.25) is 5.91 Å². The summed E-state index contributed by atoms with van der Waals surface area (Å²) in [4.78, 5) is 29.4. The van der Waals surface area contributed by atoms with Crippen molar-refractivity contribution in [2.24, 2.45) is 5.92 Å². The highest BCUT2D eigenvalue weighted by atomic mass is 16.2. The summed E-state index contributed by atoms with van der Waals surface area (Å²) in [5, 5.41) is 0. The lowest BCUT2D eigenvalue weighted by molar-refractivity contribution is -0.134. The summed E-state index contributed by atoms with van der Waals surface area (Å²) in [7, 11) is 0. The van der Waals surface area contributed by atoms with Gasteiger partial charge in [0.15, 0.2) is 0 Å². The molecule has 1 aromatic carbocycles. The van der Waals surface area contributed by atoms with E-state index in [1.165, 1.54) is 5.56 Å². The number of pyridine rings is 1. The first-order chi connectivity index (χ1) is 14.7. The molecule has 1 aliphatic heterocycles. The van der Waals surface area contributed by atoms with Gasteiger partial charge in [0.1, 0.15) is 0 Å². The van der Waals surface area contributed by atoms with Crippen molar-refractivity contribution in [3.63, 3.8) is 0 Å². The fraction of sp³-hybridized carbons (Fsp3) is 0.375. The van der Waals surface area contributed by atoms with Gasteiger partial charge in [-0.05, 0) is 30.0 Å². The van der Waals surface area contributed by atoms with Crippen molar-refractivity contribution in [3.8, 4) is 11.1 Å². The van der Waals surface area contributed by atoms with Crippen LogP contribution in [0.4, 0.5) is 0 Å². The van der Waals surface area contributed by atoms with Crippen LogP contribution in [0.15, 0.2) is 61.3 Å². The molecule has 1 N–H and O–H groups in total. The topological polar surface area (TPSA) is 65.1 Å². The van der Waals surface area contributed by atoms with E-state index in [1.807, 2.05) is 23.4 Å². The van der Waals surface area contributed by atoms with Gasteiger partial charge in [-0.3, -0.25) is 14.7 Å². The second-order valence-electron chi connectivity index (χ2n) is 7.94. The Morgan fingerprint density at radius 1 is 1.10 bits per heavy atom. The van der Waals surface area contributed by atoms with Gasteiger partial charge in [-0.15, -0.1) is 0 Å². The van der Waals surface area contributed by atoms with Crippen molar-refractivity contribution >= 4 is 5.91 Å². The Morgan fingerprint density at radius 2 is 2.00 bits per heavy atom. The molecule has 0 unspecified atom stereocenters. The van der Waals surface area contributed by atoms with Crippen LogP contribution in [0, 0.1) is 5.92 Å². The third kappa shape index (κ3) is 4.76. The predicted octanol–water partition coefficient (Wildman–Crippen LogP) is 3.38. The van der Waals surface area contributed by atoms with E-state index in [9.17, 15) is 4.79 Å². The zero-order chi connectivity index (χ0) is 20.8. The van der Waals surface area contributed by atoms with Crippen molar-refractivity contribution in [2.75, 3.05) is 26.2 Å². The number of benzene rings is 1. The third-order valence-corrected chi connectivity index (χ3v) is 5.72. The van der Waals surface area contributed by atoms with E-state index in [4.69, 9.17) is 0 Å². The maximum absolute atomic E-state index is 13.4. The van der Waals surface area contributed by atoms with Crippen LogP contribution in [0.2, 0.25) is 0 Å². The maximum Gasteiger partial charge on any atom is 0.227 e. The summed E-state index contributed by atoms with van der Waals surface area (Å²) in [6, 6.07) is 12.4. The average Bonchev–Trinajstić information content (AvgIpc) is 3.24. The molecule has 0 aliphatic carbocycles. The molecule has 0 radical (unpaired) electrons. The van der Waals surface area contributed by atoms with E-state index in [0.29, 0.717) is 0 Å². The molecular formula is C24H29N5O. The molecule has 156 valence electrons. The number of nitrogens with one attached hydrogen (secondary N) is 1. The number of H-pyrrole nitrogens is 1. The lowest BCUT2D eigenvalue weighted by Crippen LogP contribution is -2.37. The number of carbonyl (C=O) groups is 1. The van der Waals surface area contributed by atoms with Crippen LogP contribution in [0.5, 0.6) is 0 Å². The molecule has 0 bridgehead atoms. The molecule has 30 heavy (non-hydrogen) atoms. The Hall–Kier alpha value is -2.99. The highest BCUT2D eigenvalue weighted by Gasteiger charge is 2.30. The highest BCUT2D eigenvalue weighted by molar-refractivity contribution is 5.80. The summed E-state index contributed by atoms with van der Waals surface area (Å²) in [5.41, 5.74) is 4.53. The number of carbonyl (C=O) groups excluding carboxylic acids is 1. The van der Waals surface area contributed by atoms with Crippen molar-refractivity contribution < 1.29 is 4.79 Å². The zero-order valence-corrected chi connectivity index (χ0v) is 17.5. The molecule has 2 aromatic heterocycles. The molecule has 6 heteroatoms. The lowest BCUT2D eigenvalue weighted by Gasteiger charge is -2.24. The molecular weight excluding hydrogens is 374 g/mol. The van der Waals surface area contributed by atoms with Gasteiger partial charge in [0.25, 0.3) is 0 Å². The lowest BCUT2D eigenvalue weighted by atomic mass is 9.91. The van der Waals surface area contributed by atoms with E-state index in [-0.39, 0.29) is 11.8 Å². The quantitative estimate of drug-likeness (QED) is 0.657. The highest BCUT2D eigenvalue weighted by Crippen LogP contribution is 2.27. The average molecular weight is 404 g/mol. The third-order valence-electron chi connectivity index (χ3n) is 5.72. The van der Waals surface area contributed by atoms with E-state index < -0.39 is 0 Å². The van der Waals surface area contributed by atoms with Gasteiger partial charge in [0, 0.05) is 62.6 Å². The molecule has 1 atom stereocenters. The fourth-order valence-corrected chi connectivity index (χ4v) is 4.28. The van der Waals surface area contributed by atoms with Crippen molar-refractivity contribution in [2.45, 2.75) is 26.3 Å². The first-order valence-corrected chi connectivity index (χ1v) is 10.7. The summed E-state index contributed by atoms with van der Waals surface area (Å²) < 4.78 is 0. The Labute approximate surface area is 178 Å². The van der Waals surface area contributed by atoms with Crippen LogP contribution in [-0.4, -0.2) is 56.8 Å². The monoisotopic (exact) mass is 403 g/mol. The Bertz CT molecular complexity index is 941. The van der Waals surface area contributed by atoms with Gasteiger partial charge in [-0.25, -0.2) is 4.98 Å². The Kier molecular flexibility index (Phi) is 6.54. The number of hydrogen-bond donors (Lipinski definition) is 1. The molecule has 3 aromatic rings. The minimum absolute atomic E-state index is 0.0696. The summed E-state index contributed by atoms with van der Waals surface area (Å²) in [6.07, 6.45) is 8.96. The smallest absolute Gasteiger partial charge is 0.227 e. The van der Waals surface area contributed by atoms with Crippen LogP contribution in [0.3, 0.4) is 0 Å². The van der Waals surface area contributed by atoms with Crippen molar-refractivity contribution in [1.29, 1.82) is 0 Å². The van der Waals surface area contributed by atoms with E-state index in [0.717, 1.165) is 62.4 Å². The predicted molar refractivity (Wildman–Crippen MR) is 118 cm³/mol. The number of aromatic nitrogens is 3. The minimum atomic E-state index is -0.0696. The second kappa shape index (κ2) is 9.67. The summed E-state index contributed by atoms with van der Waals surface area (Å²) >= 11 is 0. The number of amides is 1. The van der Waals surface area contributed by atoms with Crippen LogP contribution in [-0.2, 0) is 17.8 Å². The molecule has 6 nitrogen and oxygen atoms in total. The number of imidazole rings is 1. The molecule has 1 saturated heterocycles. The number of rotatable bonds is 7. The number of hydrogen-bond acceptors (Lipinski definition) is 4. The van der Waals surface area contributed by atoms with Gasteiger partial charge >= 0.3 is 0 Å². The van der Waals surface area contributed by atoms with Gasteiger partial charge in [0.05, 0.1) is 12.2 Å². The van der Waals surface area contributed by atoms with Gasteiger partial charge < -0.3 is 9.88 Å². The molecule has 1 amide bonds. The van der Waals surface area contributed by atoms with Gasteiger partial charge in [-0.1, -0.05) is 37.3 Å². The normalized spacial score (nSPS) is 17.8. The number of aromatic amines is 1. The van der Waals surface area contributed by atoms with Crippen LogP contribution in [0.25, 0.3) is 11.1 Å². The van der Waals surface area contributed by atoms with Crippen molar-refractivity contribution in [3.05, 3.63) is 72.6 Å². The Balaban J connectivity index is 1.59. The zero-order valence-electron chi connectivity index (χ0n) is 17.5. The van der Waals surface area contributed by atoms with E-state index in [1.54, 1.807) is 12.5 Å². The van der Waals surface area contributed by atoms with Crippen molar-refractivity contribution in [1.82, 2.24) is 24.8 Å². The molecule has 0 saturated carbocycles. The molecule has 1 fully saturated rings. The van der Waals surface area contributed by atoms with Gasteiger partial charge in [-0.2, -0.15) is 0 Å². The molecule has 0 spiro atoms. The first-order valence-electron chi connectivity index (χ1n) is 10.7. The SMILES string of the molecule is CCCN1CCN(Cc2cnc[nH]2)C[C@H](Cc2ccccc2-c2cccnc2)C1=O. The largest absolute Gasteiger partial charge is 0.347 e. The van der Waals surface area contributed by atoms with Crippen LogP contribution < -0.4 is 0 Å². The second-order valence-corrected chi connectivity index (χ2v) is 7.94. The van der Waals surface area contributed by atoms with Crippen LogP contribution in [0.1, 0.15) is 24.6 Å². The molecule has 3 heterocycles. The molecule has 1 aliphatic rings. The van der Waals surface area contributed by atoms with E-state index >= 15 is 0 Å². The van der Waals surface area contributed by atoms with E-state index in [2.05, 4.69) is 57.1 Å². The fourth-order valence-electron chi connectivity index (χ4n) is 4.28. The standard InChI is InChI=1S/C24H29N5O/c1-2-10-29-12-11-28(17-22-15-26-18-27-22)16-21(24(29)30)13-19-6-3-4-8-23(19)20-7-5-9-25-14-20/h3-9,14-15,18,21H,2,10-13,16-17H2,1H3,(H,26,27)/t21-/m0/s1. The number of nitrogens with zero attached hydrogens (tertiary/aromatic N) is 4. The minimum Gasteiger partial charge on any atom is -0.347 e. The Morgan fingerprint density at radius 3 is 2.77 bits per heavy atom. The maximum atomic E-state index is 13.4.